The highest BCUT2D eigenvalue weighted by Crippen LogP contribution is 2.22. The topological polar surface area (TPSA) is 60.9 Å². The average Bonchev–Trinajstić information content (AvgIpc) is 2.23. The lowest BCUT2D eigenvalue weighted by molar-refractivity contribution is -0.117. The molecule has 1 saturated heterocycles. The summed E-state index contributed by atoms with van der Waals surface area (Å²) in [5.41, 5.74) is 0. The zero-order valence-electron chi connectivity index (χ0n) is 8.51. The van der Waals surface area contributed by atoms with Gasteiger partial charge in [-0.1, -0.05) is 0 Å². The van der Waals surface area contributed by atoms with E-state index in [2.05, 4.69) is 0 Å². The van der Waals surface area contributed by atoms with Crippen LogP contribution in [0.2, 0.25) is 0 Å². The summed E-state index contributed by atoms with van der Waals surface area (Å²) < 4.78 is 0. The molecule has 2 heterocycles. The number of imide groups is 1. The molecule has 6 heteroatoms. The molecule has 0 saturated carbocycles. The zero-order chi connectivity index (χ0) is 11.2. The first-order chi connectivity index (χ1) is 7.02. The molecule has 0 aromatic heterocycles. The lowest BCUT2D eigenvalue weighted by Gasteiger charge is -2.44. The first-order valence-electron chi connectivity index (χ1n) is 4.56. The van der Waals surface area contributed by atoms with Gasteiger partial charge in [0.05, 0.1) is 6.42 Å². The van der Waals surface area contributed by atoms with Crippen LogP contribution >= 0.6 is 0 Å². The quantitative estimate of drug-likeness (QED) is 0.573. The van der Waals surface area contributed by atoms with Crippen LogP contribution in [0, 0.1) is 0 Å². The number of allylic oxidation sites excluding steroid dienone is 1. The summed E-state index contributed by atoms with van der Waals surface area (Å²) in [5.74, 6) is -0.0757. The molecule has 1 atom stereocenters. The third-order valence-electron chi connectivity index (χ3n) is 2.67. The van der Waals surface area contributed by atoms with Crippen LogP contribution in [0.15, 0.2) is 12.3 Å². The van der Waals surface area contributed by atoms with Gasteiger partial charge in [-0.25, -0.2) is 14.5 Å². The Morgan fingerprint density at radius 1 is 1.20 bits per heavy atom. The van der Waals surface area contributed by atoms with E-state index in [1.165, 1.54) is 29.1 Å². The minimum atomic E-state index is -0.473. The molecule has 2 rings (SSSR count). The Morgan fingerprint density at radius 2 is 1.87 bits per heavy atom. The van der Waals surface area contributed by atoms with Crippen LogP contribution < -0.4 is 0 Å². The monoisotopic (exact) mass is 209 g/mol. The number of hydrogen-bond acceptors (Lipinski definition) is 3. The third kappa shape index (κ3) is 1.29. The van der Waals surface area contributed by atoms with Crippen molar-refractivity contribution in [3.05, 3.63) is 12.3 Å². The Balaban J connectivity index is 2.37. The molecule has 1 fully saturated rings. The fourth-order valence-electron chi connectivity index (χ4n) is 1.74. The highest BCUT2D eigenvalue weighted by molar-refractivity contribution is 5.99. The van der Waals surface area contributed by atoms with Crippen LogP contribution in [-0.4, -0.2) is 52.8 Å². The van der Waals surface area contributed by atoms with Gasteiger partial charge >= 0.3 is 12.1 Å². The molecule has 80 valence electrons. The summed E-state index contributed by atoms with van der Waals surface area (Å²) in [6.07, 6.45) is 2.47. The molecular formula is C9H11N3O3. The molecule has 0 radical (unpaired) electrons. The number of carbonyl (C=O) groups is 3. The van der Waals surface area contributed by atoms with E-state index >= 15 is 0 Å². The van der Waals surface area contributed by atoms with E-state index in [-0.39, 0.29) is 18.2 Å². The van der Waals surface area contributed by atoms with Crippen LogP contribution in [0.3, 0.4) is 0 Å². The van der Waals surface area contributed by atoms with Crippen LogP contribution in [0.5, 0.6) is 0 Å². The van der Waals surface area contributed by atoms with Crippen molar-refractivity contribution in [1.82, 2.24) is 14.7 Å². The molecule has 6 nitrogen and oxygen atoms in total. The molecule has 0 N–H and O–H groups in total. The van der Waals surface area contributed by atoms with Gasteiger partial charge < -0.3 is 4.90 Å². The number of hydrogen-bond donors (Lipinski definition) is 0. The lowest BCUT2D eigenvalue weighted by Crippen LogP contribution is -2.63. The molecule has 0 spiro atoms. The number of nitrogens with zero attached hydrogens (tertiary/aromatic N) is 3. The molecule has 0 aliphatic carbocycles. The first-order valence-corrected chi connectivity index (χ1v) is 4.56. The predicted octanol–water partition coefficient (Wildman–Crippen LogP) is 0.218. The van der Waals surface area contributed by atoms with Crippen LogP contribution in [0.25, 0.3) is 0 Å². The highest BCUT2D eigenvalue weighted by atomic mass is 16.2. The smallest absolute Gasteiger partial charge is 0.306 e. The summed E-state index contributed by atoms with van der Waals surface area (Å²) in [7, 11) is 3.00. The van der Waals surface area contributed by atoms with Crippen molar-refractivity contribution < 1.29 is 14.4 Å². The van der Waals surface area contributed by atoms with Gasteiger partial charge in [0.25, 0.3) is 0 Å². The SMILES string of the molecule is CN1C(=O)N(C)C2CC(=O)C=CN2C1=O. The van der Waals surface area contributed by atoms with Gasteiger partial charge in [0, 0.05) is 20.3 Å². The minimum Gasteiger partial charge on any atom is -0.306 e. The second-order valence-electron chi connectivity index (χ2n) is 3.61. The highest BCUT2D eigenvalue weighted by Gasteiger charge is 2.41. The van der Waals surface area contributed by atoms with Gasteiger partial charge in [-0.2, -0.15) is 0 Å². The second-order valence-corrected chi connectivity index (χ2v) is 3.61. The van der Waals surface area contributed by atoms with Crippen molar-refractivity contribution in [1.29, 1.82) is 0 Å². The van der Waals surface area contributed by atoms with E-state index in [1.807, 2.05) is 0 Å². The summed E-state index contributed by atoms with van der Waals surface area (Å²) in [6.45, 7) is 0. The van der Waals surface area contributed by atoms with E-state index < -0.39 is 12.2 Å². The van der Waals surface area contributed by atoms with E-state index in [4.69, 9.17) is 0 Å². The number of amides is 4. The Morgan fingerprint density at radius 3 is 2.53 bits per heavy atom. The van der Waals surface area contributed by atoms with Crippen LogP contribution in [-0.2, 0) is 4.79 Å². The van der Waals surface area contributed by atoms with Gasteiger partial charge in [0.2, 0.25) is 0 Å². The number of urea groups is 2. The average molecular weight is 209 g/mol. The zero-order valence-corrected chi connectivity index (χ0v) is 8.51. The first kappa shape index (κ1) is 9.70. The van der Waals surface area contributed by atoms with Crippen molar-refractivity contribution in [2.75, 3.05) is 14.1 Å². The molecule has 2 aliphatic rings. The Hall–Kier alpha value is -1.85. The fraction of sp³-hybridized carbons (Fsp3) is 0.444. The van der Waals surface area contributed by atoms with Crippen molar-refractivity contribution >= 4 is 17.8 Å². The Kier molecular flexibility index (Phi) is 1.99. The molecule has 4 amide bonds. The molecular weight excluding hydrogens is 198 g/mol. The summed E-state index contributed by atoms with van der Waals surface area (Å²) >= 11 is 0. The molecule has 0 aromatic rings. The van der Waals surface area contributed by atoms with Gasteiger partial charge in [0.1, 0.15) is 6.17 Å². The summed E-state index contributed by atoms with van der Waals surface area (Å²) in [4.78, 5) is 38.2. The van der Waals surface area contributed by atoms with Gasteiger partial charge in [-0.3, -0.25) is 9.69 Å². The predicted molar refractivity (Wildman–Crippen MR) is 50.7 cm³/mol. The number of rotatable bonds is 0. The van der Waals surface area contributed by atoms with E-state index in [1.54, 1.807) is 7.05 Å². The number of carbonyl (C=O) groups excluding carboxylic acids is 3. The van der Waals surface area contributed by atoms with Crippen LogP contribution in [0.1, 0.15) is 6.42 Å². The van der Waals surface area contributed by atoms with Gasteiger partial charge in [0.15, 0.2) is 5.78 Å². The van der Waals surface area contributed by atoms with E-state index in [9.17, 15) is 14.4 Å². The molecule has 1 unspecified atom stereocenters. The molecule has 15 heavy (non-hydrogen) atoms. The maximum Gasteiger partial charge on any atom is 0.333 e. The van der Waals surface area contributed by atoms with Gasteiger partial charge in [-0.05, 0) is 6.08 Å². The maximum atomic E-state index is 11.7. The third-order valence-corrected chi connectivity index (χ3v) is 2.67. The normalized spacial score (nSPS) is 26.1. The van der Waals surface area contributed by atoms with Gasteiger partial charge in [-0.15, -0.1) is 0 Å². The number of fused-ring (bicyclic) bond motifs is 1. The fourth-order valence-corrected chi connectivity index (χ4v) is 1.74. The number of ketones is 1. The largest absolute Gasteiger partial charge is 0.333 e. The summed E-state index contributed by atoms with van der Waals surface area (Å²) in [5, 5.41) is 0. The van der Waals surface area contributed by atoms with E-state index in [0.717, 1.165) is 4.90 Å². The summed E-state index contributed by atoms with van der Waals surface area (Å²) in [6, 6.07) is -0.781. The van der Waals surface area contributed by atoms with Crippen molar-refractivity contribution in [2.45, 2.75) is 12.6 Å². The lowest BCUT2D eigenvalue weighted by atomic mass is 10.1. The standard InChI is InChI=1S/C9H11N3O3/c1-10-7-5-6(13)3-4-12(7)9(15)11(2)8(10)14/h3-4,7H,5H2,1-2H3. The van der Waals surface area contributed by atoms with Crippen LogP contribution in [0.4, 0.5) is 9.59 Å². The Bertz CT molecular complexity index is 377. The minimum absolute atomic E-state index is 0.0757. The molecule has 0 bridgehead atoms. The maximum absolute atomic E-state index is 11.7. The molecule has 0 aromatic carbocycles. The van der Waals surface area contributed by atoms with Crippen molar-refractivity contribution in [3.8, 4) is 0 Å². The Labute approximate surface area is 86.7 Å². The van der Waals surface area contributed by atoms with Crippen molar-refractivity contribution in [3.63, 3.8) is 0 Å². The van der Waals surface area contributed by atoms with E-state index in [0.29, 0.717) is 0 Å². The van der Waals surface area contributed by atoms with Crippen molar-refractivity contribution in [2.24, 2.45) is 0 Å². The molecule has 2 aliphatic heterocycles. The second kappa shape index (κ2) is 3.08.